The highest BCUT2D eigenvalue weighted by Gasteiger charge is 2.14. The van der Waals surface area contributed by atoms with Gasteiger partial charge < -0.3 is 10.6 Å². The zero-order valence-corrected chi connectivity index (χ0v) is 16.2. The Hall–Kier alpha value is -1.56. The molecule has 1 aliphatic carbocycles. The number of benzene rings is 1. The van der Waals surface area contributed by atoms with Crippen molar-refractivity contribution < 1.29 is 8.42 Å². The van der Waals surface area contributed by atoms with Crippen LogP contribution in [0.3, 0.4) is 0 Å². The molecule has 0 aromatic heterocycles. The third-order valence-corrected chi connectivity index (χ3v) is 5.97. The molecule has 0 bridgehead atoms. The second-order valence-corrected chi connectivity index (χ2v) is 8.90. The lowest BCUT2D eigenvalue weighted by molar-refractivity contribution is 0.481. The first kappa shape index (κ1) is 19.8. The van der Waals surface area contributed by atoms with Gasteiger partial charge in [-0.3, -0.25) is 4.99 Å². The Kier molecular flexibility index (Phi) is 7.75. The molecule has 0 radical (unpaired) electrons. The molecule has 0 atom stereocenters. The monoisotopic (exact) mass is 365 g/mol. The van der Waals surface area contributed by atoms with Crippen molar-refractivity contribution in [3.8, 4) is 0 Å². The molecule has 2 N–H and O–H groups in total. The average molecular weight is 366 g/mol. The van der Waals surface area contributed by atoms with Crippen LogP contribution in [-0.4, -0.2) is 40.8 Å². The minimum absolute atomic E-state index is 0.365. The van der Waals surface area contributed by atoms with Crippen LogP contribution in [-0.2, 0) is 16.3 Å². The van der Waals surface area contributed by atoms with Crippen molar-refractivity contribution in [3.63, 3.8) is 0 Å². The van der Waals surface area contributed by atoms with E-state index in [1.54, 1.807) is 19.2 Å². The van der Waals surface area contributed by atoms with Gasteiger partial charge in [0.05, 0.1) is 4.90 Å². The fourth-order valence-corrected chi connectivity index (χ4v) is 3.98. The van der Waals surface area contributed by atoms with Gasteiger partial charge in [-0.1, -0.05) is 37.8 Å². The summed E-state index contributed by atoms with van der Waals surface area (Å²) in [6.07, 6.45) is 10.2. The molecule has 140 valence electrons. The Balaban J connectivity index is 1.65. The lowest BCUT2D eigenvalue weighted by Crippen LogP contribution is -2.38. The van der Waals surface area contributed by atoms with Crippen molar-refractivity contribution >= 4 is 15.8 Å². The van der Waals surface area contributed by atoms with E-state index in [-0.39, 0.29) is 0 Å². The predicted molar refractivity (Wildman–Crippen MR) is 104 cm³/mol. The van der Waals surface area contributed by atoms with Crippen molar-refractivity contribution in [3.05, 3.63) is 29.8 Å². The van der Waals surface area contributed by atoms with E-state index in [9.17, 15) is 8.42 Å². The van der Waals surface area contributed by atoms with E-state index in [1.165, 1.54) is 44.8 Å². The van der Waals surface area contributed by atoms with Crippen LogP contribution in [0.25, 0.3) is 0 Å². The number of nitrogens with one attached hydrogen (secondary N) is 2. The Bertz CT molecular complexity index is 648. The number of nitrogens with zero attached hydrogens (tertiary/aromatic N) is 1. The first-order chi connectivity index (χ1) is 12.0. The second-order valence-electron chi connectivity index (χ2n) is 6.88. The van der Waals surface area contributed by atoms with Gasteiger partial charge in [-0.15, -0.1) is 0 Å². The second kappa shape index (κ2) is 9.80. The van der Waals surface area contributed by atoms with Crippen LogP contribution in [0.2, 0.25) is 0 Å². The highest BCUT2D eigenvalue weighted by molar-refractivity contribution is 7.90. The molecule has 1 aliphatic rings. The summed E-state index contributed by atoms with van der Waals surface area (Å²) in [4.78, 5) is 4.61. The van der Waals surface area contributed by atoms with Gasteiger partial charge in [0.25, 0.3) is 0 Å². The van der Waals surface area contributed by atoms with Gasteiger partial charge >= 0.3 is 0 Å². The fraction of sp³-hybridized carbons (Fsp3) is 0.632. The molecule has 2 rings (SSSR count). The van der Waals surface area contributed by atoms with Crippen molar-refractivity contribution in [2.45, 2.75) is 49.8 Å². The summed E-state index contributed by atoms with van der Waals surface area (Å²) in [5.74, 6) is 1.77. The molecule has 0 spiro atoms. The highest BCUT2D eigenvalue weighted by Crippen LogP contribution is 2.28. The Morgan fingerprint density at radius 3 is 2.36 bits per heavy atom. The lowest BCUT2D eigenvalue weighted by Gasteiger charge is -2.13. The van der Waals surface area contributed by atoms with Crippen molar-refractivity contribution in [2.75, 3.05) is 26.4 Å². The SMILES string of the molecule is CN=C(NCCCC1CCCC1)NCCc1ccc(S(C)(=O)=O)cc1. The van der Waals surface area contributed by atoms with Gasteiger partial charge in [-0.2, -0.15) is 0 Å². The summed E-state index contributed by atoms with van der Waals surface area (Å²) >= 11 is 0. The molecule has 1 aromatic carbocycles. The molecule has 0 unspecified atom stereocenters. The van der Waals surface area contributed by atoms with Gasteiger partial charge in [0.15, 0.2) is 15.8 Å². The molecular formula is C19H31N3O2S. The largest absolute Gasteiger partial charge is 0.356 e. The first-order valence-electron chi connectivity index (χ1n) is 9.22. The molecule has 1 aromatic rings. The molecule has 0 saturated heterocycles. The van der Waals surface area contributed by atoms with E-state index in [4.69, 9.17) is 0 Å². The molecule has 6 heteroatoms. The minimum atomic E-state index is -3.12. The van der Waals surface area contributed by atoms with Crippen molar-refractivity contribution in [1.29, 1.82) is 0 Å². The number of aliphatic imine (C=N–C) groups is 1. The van der Waals surface area contributed by atoms with Crippen LogP contribution in [0, 0.1) is 5.92 Å². The van der Waals surface area contributed by atoms with E-state index in [1.807, 2.05) is 12.1 Å². The van der Waals surface area contributed by atoms with E-state index in [2.05, 4.69) is 15.6 Å². The number of guanidine groups is 1. The quantitative estimate of drug-likeness (QED) is 0.422. The lowest BCUT2D eigenvalue weighted by atomic mass is 10.0. The van der Waals surface area contributed by atoms with E-state index >= 15 is 0 Å². The number of hydrogen-bond acceptors (Lipinski definition) is 3. The van der Waals surface area contributed by atoms with Gasteiger partial charge in [0.2, 0.25) is 0 Å². The summed E-state index contributed by atoms with van der Waals surface area (Å²) in [5.41, 5.74) is 1.11. The third-order valence-electron chi connectivity index (χ3n) is 4.84. The minimum Gasteiger partial charge on any atom is -0.356 e. The summed E-state index contributed by atoms with van der Waals surface area (Å²) in [6.45, 7) is 1.72. The summed E-state index contributed by atoms with van der Waals surface area (Å²) < 4.78 is 22.9. The van der Waals surface area contributed by atoms with Gasteiger partial charge in [-0.25, -0.2) is 8.42 Å². The molecule has 25 heavy (non-hydrogen) atoms. The van der Waals surface area contributed by atoms with Crippen LogP contribution >= 0.6 is 0 Å². The standard InChI is InChI=1S/C19H31N3O2S/c1-20-19(21-14-5-8-16-6-3-4-7-16)22-15-13-17-9-11-18(12-10-17)25(2,23)24/h9-12,16H,3-8,13-15H2,1-2H3,(H2,20,21,22). The fourth-order valence-electron chi connectivity index (χ4n) is 3.35. The zero-order chi connectivity index (χ0) is 18.1. The maximum Gasteiger partial charge on any atom is 0.190 e. The van der Waals surface area contributed by atoms with Crippen LogP contribution in [0.15, 0.2) is 34.2 Å². The Morgan fingerprint density at radius 1 is 1.12 bits per heavy atom. The number of sulfone groups is 1. The van der Waals surface area contributed by atoms with Crippen LogP contribution in [0.1, 0.15) is 44.1 Å². The summed E-state index contributed by atoms with van der Waals surface area (Å²) in [7, 11) is -1.34. The normalized spacial score (nSPS) is 16.2. The zero-order valence-electron chi connectivity index (χ0n) is 15.4. The maximum absolute atomic E-state index is 11.5. The number of rotatable bonds is 8. The Labute approximate surface area is 152 Å². The van der Waals surface area contributed by atoms with Gasteiger partial charge in [-0.05, 0) is 42.9 Å². The van der Waals surface area contributed by atoms with Crippen LogP contribution < -0.4 is 10.6 Å². The average Bonchev–Trinajstić information content (AvgIpc) is 3.10. The van der Waals surface area contributed by atoms with E-state index < -0.39 is 9.84 Å². The third kappa shape index (κ3) is 7.06. The molecule has 1 fully saturated rings. The molecule has 5 nitrogen and oxygen atoms in total. The van der Waals surface area contributed by atoms with Crippen LogP contribution in [0.5, 0.6) is 0 Å². The van der Waals surface area contributed by atoms with E-state index in [0.29, 0.717) is 4.90 Å². The van der Waals surface area contributed by atoms with Crippen molar-refractivity contribution in [1.82, 2.24) is 10.6 Å². The smallest absolute Gasteiger partial charge is 0.190 e. The maximum atomic E-state index is 11.5. The molecule has 0 amide bonds. The van der Waals surface area contributed by atoms with Gasteiger partial charge in [0, 0.05) is 26.4 Å². The predicted octanol–water partition coefficient (Wildman–Crippen LogP) is 2.77. The number of hydrogen-bond donors (Lipinski definition) is 2. The van der Waals surface area contributed by atoms with Crippen molar-refractivity contribution in [2.24, 2.45) is 10.9 Å². The van der Waals surface area contributed by atoms with Gasteiger partial charge in [0.1, 0.15) is 0 Å². The van der Waals surface area contributed by atoms with Crippen LogP contribution in [0.4, 0.5) is 0 Å². The topological polar surface area (TPSA) is 70.6 Å². The highest BCUT2D eigenvalue weighted by atomic mass is 32.2. The Morgan fingerprint density at radius 2 is 1.76 bits per heavy atom. The molecular weight excluding hydrogens is 334 g/mol. The summed E-state index contributed by atoms with van der Waals surface area (Å²) in [5, 5.41) is 6.68. The molecule has 1 saturated carbocycles. The molecule has 0 heterocycles. The molecule has 0 aliphatic heterocycles. The summed E-state index contributed by atoms with van der Waals surface area (Å²) in [6, 6.07) is 7.08. The first-order valence-corrected chi connectivity index (χ1v) is 11.1. The van der Waals surface area contributed by atoms with E-state index in [0.717, 1.165) is 37.0 Å².